The average molecular weight is 185 g/mol. The fraction of sp³-hybridized carbons (Fsp3) is 1.00. The summed E-state index contributed by atoms with van der Waals surface area (Å²) in [6, 6.07) is 0. The van der Waals surface area contributed by atoms with E-state index in [9.17, 15) is 0 Å². The van der Waals surface area contributed by atoms with Crippen LogP contribution in [0.5, 0.6) is 0 Å². The van der Waals surface area contributed by atoms with Crippen LogP contribution in [0.4, 0.5) is 0 Å². The molecule has 0 N–H and O–H groups in total. The van der Waals surface area contributed by atoms with Gasteiger partial charge in [-0.3, -0.25) is 4.90 Å². The summed E-state index contributed by atoms with van der Waals surface area (Å²) < 4.78 is 5.60. The normalized spacial score (nSPS) is 29.8. The molecule has 1 aliphatic rings. The fourth-order valence-corrected chi connectivity index (χ4v) is 2.40. The van der Waals surface area contributed by atoms with Crippen molar-refractivity contribution in [2.24, 2.45) is 0 Å². The molecule has 13 heavy (non-hydrogen) atoms. The predicted octanol–water partition coefficient (Wildman–Crippen LogP) is 2.29. The van der Waals surface area contributed by atoms with Crippen molar-refractivity contribution in [2.75, 3.05) is 26.8 Å². The van der Waals surface area contributed by atoms with Crippen molar-refractivity contribution in [3.8, 4) is 0 Å². The van der Waals surface area contributed by atoms with Crippen molar-refractivity contribution in [3.05, 3.63) is 0 Å². The first-order chi connectivity index (χ1) is 6.25. The van der Waals surface area contributed by atoms with Gasteiger partial charge in [0.05, 0.1) is 6.61 Å². The molecule has 0 aromatic heterocycles. The zero-order valence-electron chi connectivity index (χ0n) is 9.31. The van der Waals surface area contributed by atoms with E-state index in [4.69, 9.17) is 4.74 Å². The average Bonchev–Trinajstić information content (AvgIpc) is 2.46. The largest absolute Gasteiger partial charge is 0.380 e. The Labute approximate surface area is 82.3 Å². The summed E-state index contributed by atoms with van der Waals surface area (Å²) in [6.07, 6.45) is 5.20. The molecule has 0 spiro atoms. The molecule has 78 valence electrons. The summed E-state index contributed by atoms with van der Waals surface area (Å²) in [7, 11) is 2.24. The van der Waals surface area contributed by atoms with Gasteiger partial charge in [0.1, 0.15) is 0 Å². The molecular formula is C11H23NO. The minimum absolute atomic E-state index is 0.366. The van der Waals surface area contributed by atoms with Gasteiger partial charge in [0.25, 0.3) is 0 Å². The van der Waals surface area contributed by atoms with E-state index in [1.165, 1.54) is 32.2 Å². The van der Waals surface area contributed by atoms with E-state index in [1.54, 1.807) is 0 Å². The maximum Gasteiger partial charge on any atom is 0.0650 e. The van der Waals surface area contributed by atoms with E-state index in [0.717, 1.165) is 13.2 Å². The summed E-state index contributed by atoms with van der Waals surface area (Å²) in [6.45, 7) is 7.36. The zero-order valence-corrected chi connectivity index (χ0v) is 9.31. The second-order valence-corrected chi connectivity index (χ2v) is 4.14. The monoisotopic (exact) mass is 185 g/mol. The van der Waals surface area contributed by atoms with Crippen LogP contribution in [0, 0.1) is 0 Å². The Balaban J connectivity index is 2.51. The molecule has 1 heterocycles. The molecule has 0 aromatic carbocycles. The molecule has 2 heteroatoms. The number of hydrogen-bond donors (Lipinski definition) is 0. The van der Waals surface area contributed by atoms with Crippen LogP contribution in [0.2, 0.25) is 0 Å². The highest BCUT2D eigenvalue weighted by atomic mass is 16.5. The van der Waals surface area contributed by atoms with Crippen LogP contribution in [-0.4, -0.2) is 37.2 Å². The van der Waals surface area contributed by atoms with Crippen LogP contribution in [0.1, 0.15) is 39.5 Å². The molecular weight excluding hydrogens is 162 g/mol. The lowest BCUT2D eigenvalue weighted by Crippen LogP contribution is -2.45. The van der Waals surface area contributed by atoms with E-state index in [0.29, 0.717) is 5.54 Å². The van der Waals surface area contributed by atoms with Crippen LogP contribution >= 0.6 is 0 Å². The van der Waals surface area contributed by atoms with Crippen molar-refractivity contribution < 1.29 is 4.74 Å². The highest BCUT2D eigenvalue weighted by Gasteiger charge is 2.37. The number of likely N-dealkylation sites (N-methyl/N-ethyl adjacent to an activating group) is 1. The van der Waals surface area contributed by atoms with Crippen molar-refractivity contribution >= 4 is 0 Å². The maximum atomic E-state index is 5.60. The van der Waals surface area contributed by atoms with Gasteiger partial charge in [0.15, 0.2) is 0 Å². The van der Waals surface area contributed by atoms with E-state index in [2.05, 4.69) is 25.8 Å². The standard InChI is InChI=1S/C11H23NO/c1-4-7-11(10-13-5-2)8-6-9-12(11)3/h4-10H2,1-3H3. The van der Waals surface area contributed by atoms with Crippen molar-refractivity contribution in [3.63, 3.8) is 0 Å². The Bertz CT molecular complexity index is 149. The van der Waals surface area contributed by atoms with Gasteiger partial charge in [-0.05, 0) is 39.8 Å². The van der Waals surface area contributed by atoms with Crippen LogP contribution in [0.15, 0.2) is 0 Å². The smallest absolute Gasteiger partial charge is 0.0650 e. The molecule has 0 aromatic rings. The van der Waals surface area contributed by atoms with Crippen molar-refractivity contribution in [2.45, 2.75) is 45.1 Å². The Morgan fingerprint density at radius 1 is 1.38 bits per heavy atom. The molecule has 1 fully saturated rings. The minimum Gasteiger partial charge on any atom is -0.380 e. The second-order valence-electron chi connectivity index (χ2n) is 4.14. The lowest BCUT2D eigenvalue weighted by atomic mass is 9.92. The van der Waals surface area contributed by atoms with E-state index in [1.807, 2.05) is 0 Å². The lowest BCUT2D eigenvalue weighted by Gasteiger charge is -2.35. The lowest BCUT2D eigenvalue weighted by molar-refractivity contribution is 0.0254. The van der Waals surface area contributed by atoms with E-state index in [-0.39, 0.29) is 0 Å². The molecule has 0 aliphatic carbocycles. The Morgan fingerprint density at radius 3 is 2.62 bits per heavy atom. The SMILES string of the molecule is CCCC1(COCC)CCCN1C. The Hall–Kier alpha value is -0.0800. The molecule has 1 atom stereocenters. The number of nitrogens with zero attached hydrogens (tertiary/aromatic N) is 1. The third-order valence-corrected chi connectivity index (χ3v) is 3.24. The van der Waals surface area contributed by atoms with E-state index >= 15 is 0 Å². The fourth-order valence-electron chi connectivity index (χ4n) is 2.40. The van der Waals surface area contributed by atoms with Gasteiger partial charge in [-0.2, -0.15) is 0 Å². The first kappa shape index (κ1) is 11.0. The molecule has 1 unspecified atom stereocenters. The third kappa shape index (κ3) is 2.44. The highest BCUT2D eigenvalue weighted by Crippen LogP contribution is 2.32. The topological polar surface area (TPSA) is 12.5 Å². The number of rotatable bonds is 5. The predicted molar refractivity (Wildman–Crippen MR) is 56.0 cm³/mol. The Kier molecular flexibility index (Phi) is 4.20. The van der Waals surface area contributed by atoms with Crippen LogP contribution in [0.25, 0.3) is 0 Å². The second kappa shape index (κ2) is 4.97. The van der Waals surface area contributed by atoms with Gasteiger partial charge in [-0.15, -0.1) is 0 Å². The molecule has 1 saturated heterocycles. The zero-order chi connectivity index (χ0) is 9.73. The molecule has 1 aliphatic heterocycles. The van der Waals surface area contributed by atoms with Gasteiger partial charge in [-0.25, -0.2) is 0 Å². The highest BCUT2D eigenvalue weighted by molar-refractivity contribution is 4.93. The summed E-state index contributed by atoms with van der Waals surface area (Å²) in [5.41, 5.74) is 0.366. The summed E-state index contributed by atoms with van der Waals surface area (Å²) in [5, 5.41) is 0. The molecule has 0 radical (unpaired) electrons. The summed E-state index contributed by atoms with van der Waals surface area (Å²) >= 11 is 0. The van der Waals surface area contributed by atoms with Gasteiger partial charge in [-0.1, -0.05) is 13.3 Å². The molecule has 0 amide bonds. The summed E-state index contributed by atoms with van der Waals surface area (Å²) in [4.78, 5) is 2.49. The van der Waals surface area contributed by atoms with Gasteiger partial charge in [0, 0.05) is 12.1 Å². The number of hydrogen-bond acceptors (Lipinski definition) is 2. The van der Waals surface area contributed by atoms with Crippen LogP contribution < -0.4 is 0 Å². The molecule has 1 rings (SSSR count). The van der Waals surface area contributed by atoms with Gasteiger partial charge in [0.2, 0.25) is 0 Å². The summed E-state index contributed by atoms with van der Waals surface area (Å²) in [5.74, 6) is 0. The number of likely N-dealkylation sites (tertiary alicyclic amines) is 1. The maximum absolute atomic E-state index is 5.60. The number of ether oxygens (including phenoxy) is 1. The molecule has 0 saturated carbocycles. The first-order valence-corrected chi connectivity index (χ1v) is 5.54. The molecule has 0 bridgehead atoms. The first-order valence-electron chi connectivity index (χ1n) is 5.54. The molecule has 2 nitrogen and oxygen atoms in total. The van der Waals surface area contributed by atoms with Gasteiger partial charge >= 0.3 is 0 Å². The Morgan fingerprint density at radius 2 is 2.15 bits per heavy atom. The van der Waals surface area contributed by atoms with Crippen molar-refractivity contribution in [1.82, 2.24) is 4.90 Å². The van der Waals surface area contributed by atoms with Gasteiger partial charge < -0.3 is 4.74 Å². The van der Waals surface area contributed by atoms with Crippen LogP contribution in [-0.2, 0) is 4.74 Å². The van der Waals surface area contributed by atoms with Crippen molar-refractivity contribution in [1.29, 1.82) is 0 Å². The third-order valence-electron chi connectivity index (χ3n) is 3.24. The minimum atomic E-state index is 0.366. The quantitative estimate of drug-likeness (QED) is 0.651. The van der Waals surface area contributed by atoms with Crippen LogP contribution in [0.3, 0.4) is 0 Å². The van der Waals surface area contributed by atoms with E-state index < -0.39 is 0 Å².